The van der Waals surface area contributed by atoms with E-state index in [0.29, 0.717) is 5.02 Å². The van der Waals surface area contributed by atoms with Crippen LogP contribution in [0.15, 0.2) is 107 Å². The fourth-order valence-corrected chi connectivity index (χ4v) is 5.88. The quantitative estimate of drug-likeness (QED) is 0.199. The Bertz CT molecular complexity index is 1800. The summed E-state index contributed by atoms with van der Waals surface area (Å²) in [6.45, 7) is 0. The molecule has 0 saturated carbocycles. The number of pyridine rings is 1. The molecule has 188 valence electrons. The zero-order valence-electron chi connectivity index (χ0n) is 20.9. The first-order valence-corrected chi connectivity index (χ1v) is 14.2. The molecule has 2 aromatic heterocycles. The number of hydrogen-bond acceptors (Lipinski definition) is 5. The predicted octanol–water partition coefficient (Wildman–Crippen LogP) is 5.09. The van der Waals surface area contributed by atoms with E-state index in [2.05, 4.69) is 9.71 Å². The topological polar surface area (TPSA) is 78.2 Å². The van der Waals surface area contributed by atoms with Gasteiger partial charge in [-0.1, -0.05) is 84.4 Å². The third-order valence-electron chi connectivity index (χ3n) is 5.65. The summed E-state index contributed by atoms with van der Waals surface area (Å²) >= 11 is 7.13. The summed E-state index contributed by atoms with van der Waals surface area (Å²) in [5.74, 6) is -0.839. The van der Waals surface area contributed by atoms with E-state index in [-0.39, 0.29) is 33.8 Å². The smallest absolute Gasteiger partial charge is 0.537 e. The number of sulfonamides is 1. The number of thiophene rings is 1. The van der Waals surface area contributed by atoms with Crippen LogP contribution in [-0.2, 0) is 14.8 Å². The fourth-order valence-electron chi connectivity index (χ4n) is 3.86. The predicted molar refractivity (Wildman–Crippen MR) is 156 cm³/mol. The van der Waals surface area contributed by atoms with Crippen molar-refractivity contribution in [3.63, 3.8) is 0 Å². The molecule has 0 aliphatic carbocycles. The summed E-state index contributed by atoms with van der Waals surface area (Å²) in [5, 5.41) is 3.29. The summed E-state index contributed by atoms with van der Waals surface area (Å²) in [4.78, 5) is 17.0. The first-order valence-electron chi connectivity index (χ1n) is 11.5. The van der Waals surface area contributed by atoms with Gasteiger partial charge in [0, 0.05) is 10.4 Å². The number of amides is 1. The molecule has 39 heavy (non-hydrogen) atoms. The van der Waals surface area contributed by atoms with Gasteiger partial charge in [-0.05, 0) is 70.1 Å². The van der Waals surface area contributed by atoms with Crippen molar-refractivity contribution in [1.29, 1.82) is 0 Å². The van der Waals surface area contributed by atoms with Gasteiger partial charge in [-0.2, -0.15) is 0 Å². The molecule has 0 radical (unpaired) electrons. The van der Waals surface area contributed by atoms with Crippen molar-refractivity contribution in [3.05, 3.63) is 129 Å². The maximum Gasteiger partial charge on any atom is 1.00 e. The molecule has 9 heteroatoms. The monoisotopic (exact) mass is 578 g/mol. The van der Waals surface area contributed by atoms with Crippen LogP contribution in [-0.4, -0.2) is 19.3 Å². The van der Waals surface area contributed by atoms with E-state index in [1.54, 1.807) is 17.5 Å². The maximum atomic E-state index is 12.3. The van der Waals surface area contributed by atoms with Crippen molar-refractivity contribution in [2.75, 3.05) is 0 Å². The molecule has 5 nitrogen and oxygen atoms in total. The molecule has 3 aromatic carbocycles. The summed E-state index contributed by atoms with van der Waals surface area (Å²) in [6.07, 6.45) is 6.68. The molecule has 2 heterocycles. The normalized spacial score (nSPS) is 11.6. The number of halogens is 1. The number of aromatic nitrogens is 1. The Morgan fingerprint density at radius 2 is 1.69 bits per heavy atom. The zero-order valence-corrected chi connectivity index (χ0v) is 25.2. The van der Waals surface area contributed by atoms with Gasteiger partial charge in [-0.15, -0.1) is 11.3 Å². The molecule has 1 amide bonds. The molecular weight excluding hydrogens is 559 g/mol. The summed E-state index contributed by atoms with van der Waals surface area (Å²) < 4.78 is 27.9. The van der Waals surface area contributed by atoms with Gasteiger partial charge in [0.1, 0.15) is 14.2 Å². The van der Waals surface area contributed by atoms with Crippen molar-refractivity contribution in [2.24, 2.45) is 0 Å². The molecule has 0 unspecified atom stereocenters. The fraction of sp³-hybridized carbons (Fsp3) is 0. The molecule has 0 spiro atoms. The van der Waals surface area contributed by atoms with Gasteiger partial charge in [0.25, 0.3) is 0 Å². The van der Waals surface area contributed by atoms with Crippen LogP contribution in [0.2, 0.25) is 5.02 Å². The van der Waals surface area contributed by atoms with E-state index >= 15 is 0 Å². The second-order valence-electron chi connectivity index (χ2n) is 8.29. The number of carbonyl (C=O) groups is 1. The van der Waals surface area contributed by atoms with Crippen LogP contribution < -0.4 is 29.6 Å². The second-order valence-corrected chi connectivity index (χ2v) is 11.5. The Kier molecular flexibility index (Phi) is 9.56. The Hall–Kier alpha value is -3.04. The molecule has 0 N–H and O–H groups in total. The average Bonchev–Trinajstić information content (AvgIpc) is 3.47. The van der Waals surface area contributed by atoms with Gasteiger partial charge >= 0.3 is 29.6 Å². The first-order chi connectivity index (χ1) is 18.4. The number of hydrogen-bond donors (Lipinski definition) is 0. The van der Waals surface area contributed by atoms with E-state index in [9.17, 15) is 13.2 Å². The Morgan fingerprint density at radius 3 is 2.51 bits per heavy atom. The SMILES string of the molecule is O=C(/C=C/c1ccccc1-c1cccc(/C=C/c2ccc3ccc(Cl)cc3n2)c1)[N-]S(=O)(=O)c1cccs1.[Na+]. The third-order valence-corrected chi connectivity index (χ3v) is 8.53. The number of nitrogens with zero attached hydrogens (tertiary/aromatic N) is 2. The molecule has 0 atom stereocenters. The van der Waals surface area contributed by atoms with Crippen molar-refractivity contribution in [2.45, 2.75) is 4.21 Å². The first kappa shape index (κ1) is 29.0. The molecule has 0 aliphatic heterocycles. The Balaban J connectivity index is 0.00000353. The molecule has 0 aliphatic rings. The molecule has 0 bridgehead atoms. The van der Waals surface area contributed by atoms with Crippen molar-refractivity contribution in [1.82, 2.24) is 4.98 Å². The van der Waals surface area contributed by atoms with E-state index in [1.807, 2.05) is 91.0 Å². The molecule has 5 rings (SSSR count). The largest absolute Gasteiger partial charge is 1.00 e. The standard InChI is InChI=1S/C30H21ClN2O3S2.Na/c31-25-14-11-23-12-16-26(32-28(23)20-25)15-10-21-5-3-7-24(19-21)27-8-2-1-6-22(27)13-17-29(34)33-38(35,36)30-9-4-18-37-30;/h1-20H,(H,33,34);/q;+1/p-1/b15-10+,17-13+;. The molecule has 0 saturated heterocycles. The number of benzene rings is 3. The van der Waals surface area contributed by atoms with E-state index in [0.717, 1.165) is 50.2 Å². The minimum atomic E-state index is -4.01. The van der Waals surface area contributed by atoms with Gasteiger partial charge < -0.3 is 9.52 Å². The van der Waals surface area contributed by atoms with Crippen LogP contribution in [0, 0.1) is 0 Å². The van der Waals surface area contributed by atoms with Gasteiger partial charge in [0.2, 0.25) is 0 Å². The third kappa shape index (κ3) is 7.33. The maximum absolute atomic E-state index is 12.3. The Labute approximate surface area is 258 Å². The summed E-state index contributed by atoms with van der Waals surface area (Å²) in [6, 6.07) is 28.2. The van der Waals surface area contributed by atoms with Gasteiger partial charge in [-0.25, -0.2) is 13.4 Å². The number of fused-ring (bicyclic) bond motifs is 1. The Morgan fingerprint density at radius 1 is 0.872 bits per heavy atom. The molecule has 5 aromatic rings. The summed E-state index contributed by atoms with van der Waals surface area (Å²) in [5.41, 5.74) is 5.22. The van der Waals surface area contributed by atoms with Crippen molar-refractivity contribution < 1.29 is 42.8 Å². The minimum Gasteiger partial charge on any atom is -0.537 e. The van der Waals surface area contributed by atoms with E-state index < -0.39 is 15.9 Å². The van der Waals surface area contributed by atoms with Crippen molar-refractivity contribution >= 4 is 68.0 Å². The van der Waals surface area contributed by atoms with Gasteiger partial charge in [0.15, 0.2) is 0 Å². The summed E-state index contributed by atoms with van der Waals surface area (Å²) in [7, 11) is -4.01. The van der Waals surface area contributed by atoms with E-state index in [1.165, 1.54) is 12.1 Å². The molecular formula is C30H20ClN2NaO3S2. The van der Waals surface area contributed by atoms with Crippen LogP contribution in [0.3, 0.4) is 0 Å². The van der Waals surface area contributed by atoms with Crippen LogP contribution in [0.5, 0.6) is 0 Å². The van der Waals surface area contributed by atoms with Gasteiger partial charge in [0.05, 0.1) is 17.1 Å². The number of carbonyl (C=O) groups excluding carboxylic acids is 1. The van der Waals surface area contributed by atoms with Crippen LogP contribution in [0.4, 0.5) is 0 Å². The van der Waals surface area contributed by atoms with Crippen molar-refractivity contribution in [3.8, 4) is 11.1 Å². The molecule has 0 fully saturated rings. The van der Waals surface area contributed by atoms with Crippen LogP contribution >= 0.6 is 22.9 Å². The average molecular weight is 579 g/mol. The minimum absolute atomic E-state index is 0. The van der Waals surface area contributed by atoms with E-state index in [4.69, 9.17) is 11.6 Å². The van der Waals surface area contributed by atoms with Gasteiger partial charge in [-0.3, -0.25) is 0 Å². The van der Waals surface area contributed by atoms with Crippen LogP contribution in [0.25, 0.3) is 45.0 Å². The number of rotatable bonds is 7. The second kappa shape index (κ2) is 12.9. The zero-order chi connectivity index (χ0) is 26.5. The van der Waals surface area contributed by atoms with Crippen LogP contribution in [0.1, 0.15) is 16.8 Å².